The molecule has 1 aromatic rings. The molecule has 0 aliphatic carbocycles. The second-order valence-electron chi connectivity index (χ2n) is 4.98. The van der Waals surface area contributed by atoms with Crippen molar-refractivity contribution in [1.82, 2.24) is 15.5 Å². The Kier molecular flexibility index (Phi) is 5.31. The fourth-order valence-corrected chi connectivity index (χ4v) is 1.33. The summed E-state index contributed by atoms with van der Waals surface area (Å²) in [5, 5.41) is 8.88. The molecular formula is C13H19N3O4. The second kappa shape index (κ2) is 6.74. The van der Waals surface area contributed by atoms with Crippen LogP contribution in [0.15, 0.2) is 12.3 Å². The number of hydrogen-bond acceptors (Lipinski definition) is 5. The van der Waals surface area contributed by atoms with E-state index in [0.29, 0.717) is 5.56 Å². The van der Waals surface area contributed by atoms with E-state index in [2.05, 4.69) is 20.3 Å². The van der Waals surface area contributed by atoms with Crippen LogP contribution in [0.5, 0.6) is 0 Å². The summed E-state index contributed by atoms with van der Waals surface area (Å²) in [4.78, 5) is 22.8. The van der Waals surface area contributed by atoms with Gasteiger partial charge in [0, 0.05) is 12.1 Å². The third-order valence-corrected chi connectivity index (χ3v) is 2.12. The van der Waals surface area contributed by atoms with Gasteiger partial charge in [-0.25, -0.2) is 9.59 Å². The number of aromatic nitrogens is 2. The van der Waals surface area contributed by atoms with Crippen molar-refractivity contribution in [2.24, 2.45) is 0 Å². The van der Waals surface area contributed by atoms with Crippen molar-refractivity contribution in [3.05, 3.63) is 23.5 Å². The Morgan fingerprint density at radius 3 is 2.75 bits per heavy atom. The van der Waals surface area contributed by atoms with Crippen LogP contribution in [0.1, 0.15) is 36.8 Å². The third-order valence-electron chi connectivity index (χ3n) is 2.12. The van der Waals surface area contributed by atoms with Gasteiger partial charge in [0.2, 0.25) is 0 Å². The zero-order chi connectivity index (χ0) is 15.2. The van der Waals surface area contributed by atoms with Gasteiger partial charge in [-0.05, 0) is 20.8 Å². The first-order valence-electron chi connectivity index (χ1n) is 6.08. The molecule has 1 amide bonds. The van der Waals surface area contributed by atoms with Gasteiger partial charge >= 0.3 is 12.1 Å². The zero-order valence-electron chi connectivity index (χ0n) is 12.0. The first kappa shape index (κ1) is 15.7. The molecule has 2 N–H and O–H groups in total. The molecule has 7 heteroatoms. The number of methoxy groups -OCH3 is 1. The Hall–Kier alpha value is -2.31. The minimum absolute atomic E-state index is 0.265. The molecule has 0 aliphatic heterocycles. The fourth-order valence-electron chi connectivity index (χ4n) is 1.33. The maximum absolute atomic E-state index is 11.4. The Labute approximate surface area is 117 Å². The van der Waals surface area contributed by atoms with Crippen LogP contribution in [0.3, 0.4) is 0 Å². The average Bonchev–Trinajstić information content (AvgIpc) is 2.79. The Balaban J connectivity index is 2.48. The topological polar surface area (TPSA) is 93.3 Å². The van der Waals surface area contributed by atoms with Crippen molar-refractivity contribution >= 4 is 18.1 Å². The van der Waals surface area contributed by atoms with Gasteiger partial charge in [0.25, 0.3) is 0 Å². The summed E-state index contributed by atoms with van der Waals surface area (Å²) in [6.07, 6.45) is 4.34. The molecule has 20 heavy (non-hydrogen) atoms. The quantitative estimate of drug-likeness (QED) is 0.820. The van der Waals surface area contributed by atoms with Gasteiger partial charge in [-0.2, -0.15) is 5.10 Å². The van der Waals surface area contributed by atoms with E-state index in [1.54, 1.807) is 32.9 Å². The largest absolute Gasteiger partial charge is 0.464 e. The van der Waals surface area contributed by atoms with Crippen molar-refractivity contribution in [2.45, 2.75) is 26.4 Å². The number of nitrogens with one attached hydrogen (secondary N) is 2. The molecule has 1 rings (SSSR count). The second-order valence-corrected chi connectivity index (χ2v) is 4.98. The Bertz CT molecular complexity index is 500. The maximum atomic E-state index is 11.4. The summed E-state index contributed by atoms with van der Waals surface area (Å²) in [5.74, 6) is -0.498. The van der Waals surface area contributed by atoms with Crippen molar-refractivity contribution < 1.29 is 19.1 Å². The van der Waals surface area contributed by atoms with Crippen LogP contribution in [-0.4, -0.2) is 41.5 Å². The predicted octanol–water partition coefficient (Wildman–Crippen LogP) is 1.73. The van der Waals surface area contributed by atoms with Crippen LogP contribution in [-0.2, 0) is 9.47 Å². The SMILES string of the molecule is COC(=O)c1[nH]ncc1C=CCNC(=O)OC(C)(C)C. The highest BCUT2D eigenvalue weighted by molar-refractivity contribution is 5.91. The molecule has 0 unspecified atom stereocenters. The first-order valence-corrected chi connectivity index (χ1v) is 6.08. The lowest BCUT2D eigenvalue weighted by molar-refractivity contribution is 0.0532. The summed E-state index contributed by atoms with van der Waals surface area (Å²) in [6, 6.07) is 0. The van der Waals surface area contributed by atoms with Gasteiger partial charge in [-0.1, -0.05) is 12.2 Å². The highest BCUT2D eigenvalue weighted by Gasteiger charge is 2.15. The molecule has 110 valence electrons. The molecule has 0 radical (unpaired) electrons. The number of ether oxygens (including phenoxy) is 2. The number of carbonyl (C=O) groups is 2. The standard InChI is InChI=1S/C13H19N3O4/c1-13(2,3)20-12(18)14-7-5-6-9-8-15-16-10(9)11(17)19-4/h5-6,8H,7H2,1-4H3,(H,14,18)(H,15,16). The minimum atomic E-state index is -0.531. The molecular weight excluding hydrogens is 262 g/mol. The molecule has 7 nitrogen and oxygen atoms in total. The van der Waals surface area contributed by atoms with E-state index in [1.807, 2.05) is 0 Å². The molecule has 0 aliphatic rings. The number of H-pyrrole nitrogens is 1. The van der Waals surface area contributed by atoms with E-state index in [-0.39, 0.29) is 12.2 Å². The van der Waals surface area contributed by atoms with E-state index < -0.39 is 17.7 Å². The predicted molar refractivity (Wildman–Crippen MR) is 73.2 cm³/mol. The van der Waals surface area contributed by atoms with Crippen molar-refractivity contribution in [3.63, 3.8) is 0 Å². The van der Waals surface area contributed by atoms with Crippen molar-refractivity contribution in [2.75, 3.05) is 13.7 Å². The average molecular weight is 281 g/mol. The van der Waals surface area contributed by atoms with E-state index in [1.165, 1.54) is 13.3 Å². The minimum Gasteiger partial charge on any atom is -0.464 e. The lowest BCUT2D eigenvalue weighted by Crippen LogP contribution is -2.32. The van der Waals surface area contributed by atoms with E-state index in [9.17, 15) is 9.59 Å². The molecule has 0 spiro atoms. The van der Waals surface area contributed by atoms with Gasteiger partial charge in [-0.3, -0.25) is 5.10 Å². The summed E-state index contributed by atoms with van der Waals surface area (Å²) < 4.78 is 9.68. The third kappa shape index (κ3) is 5.13. The monoisotopic (exact) mass is 281 g/mol. The molecule has 0 saturated carbocycles. The van der Waals surface area contributed by atoms with E-state index >= 15 is 0 Å². The summed E-state index contributed by atoms with van der Waals surface area (Å²) >= 11 is 0. The van der Waals surface area contributed by atoms with Gasteiger partial charge in [0.1, 0.15) is 5.60 Å². The molecule has 0 fully saturated rings. The fraction of sp³-hybridized carbons (Fsp3) is 0.462. The Morgan fingerprint density at radius 2 is 2.15 bits per heavy atom. The van der Waals surface area contributed by atoms with Crippen LogP contribution in [0, 0.1) is 0 Å². The molecule has 1 aromatic heterocycles. The Morgan fingerprint density at radius 1 is 1.45 bits per heavy atom. The van der Waals surface area contributed by atoms with Crippen LogP contribution < -0.4 is 5.32 Å². The lowest BCUT2D eigenvalue weighted by atomic mass is 10.2. The number of hydrogen-bond donors (Lipinski definition) is 2. The highest BCUT2D eigenvalue weighted by Crippen LogP contribution is 2.08. The first-order chi connectivity index (χ1) is 9.33. The lowest BCUT2D eigenvalue weighted by Gasteiger charge is -2.19. The van der Waals surface area contributed by atoms with Crippen molar-refractivity contribution in [3.8, 4) is 0 Å². The summed E-state index contributed by atoms with van der Waals surface area (Å²) in [7, 11) is 1.29. The number of aromatic amines is 1. The van der Waals surface area contributed by atoms with Crippen LogP contribution in [0.4, 0.5) is 4.79 Å². The van der Waals surface area contributed by atoms with Gasteiger partial charge < -0.3 is 14.8 Å². The van der Waals surface area contributed by atoms with Crippen molar-refractivity contribution in [1.29, 1.82) is 0 Å². The number of amides is 1. The summed E-state index contributed by atoms with van der Waals surface area (Å²) in [6.45, 7) is 5.64. The molecule has 0 atom stereocenters. The number of alkyl carbamates (subject to hydrolysis) is 1. The van der Waals surface area contributed by atoms with Gasteiger partial charge in [0.15, 0.2) is 5.69 Å². The van der Waals surface area contributed by atoms with E-state index in [4.69, 9.17) is 4.74 Å². The van der Waals surface area contributed by atoms with Gasteiger partial charge in [-0.15, -0.1) is 0 Å². The number of rotatable bonds is 4. The summed E-state index contributed by atoms with van der Waals surface area (Å²) in [5.41, 5.74) is 0.319. The molecule has 0 bridgehead atoms. The van der Waals surface area contributed by atoms with Crippen LogP contribution >= 0.6 is 0 Å². The number of carbonyl (C=O) groups excluding carboxylic acids is 2. The maximum Gasteiger partial charge on any atom is 0.407 e. The number of nitrogens with zero attached hydrogens (tertiary/aromatic N) is 1. The highest BCUT2D eigenvalue weighted by atomic mass is 16.6. The molecule has 0 aromatic carbocycles. The normalized spacial score (nSPS) is 11.4. The number of esters is 1. The van der Waals surface area contributed by atoms with E-state index in [0.717, 1.165) is 0 Å². The molecule has 0 saturated heterocycles. The van der Waals surface area contributed by atoms with Crippen LogP contribution in [0.2, 0.25) is 0 Å². The van der Waals surface area contributed by atoms with Crippen LogP contribution in [0.25, 0.3) is 6.08 Å². The molecule has 1 heterocycles. The smallest absolute Gasteiger partial charge is 0.407 e. The zero-order valence-corrected chi connectivity index (χ0v) is 12.0. The van der Waals surface area contributed by atoms with Gasteiger partial charge in [0.05, 0.1) is 13.3 Å².